The second-order valence-electron chi connectivity index (χ2n) is 7.04. The molecule has 7 nitrogen and oxygen atoms in total. The molecule has 0 N–H and O–H groups in total. The Morgan fingerprint density at radius 1 is 0.759 bits per heavy atom. The minimum absolute atomic E-state index is 0.454. The Kier molecular flexibility index (Phi) is 5.40. The number of hydrogen-bond donors (Lipinski definition) is 0. The molecule has 0 spiro atoms. The van der Waals surface area contributed by atoms with Crippen molar-refractivity contribution in [2.75, 3.05) is 13.1 Å². The maximum absolute atomic E-state index is 12.6. The van der Waals surface area contributed by atoms with Crippen LogP contribution >= 0.6 is 0 Å². The van der Waals surface area contributed by atoms with Crippen LogP contribution in [0.3, 0.4) is 0 Å². The maximum Gasteiger partial charge on any atom is 0.417 e. The lowest BCUT2D eigenvalue weighted by Crippen LogP contribution is -2.47. The summed E-state index contributed by atoms with van der Waals surface area (Å²) in [5.74, 6) is 0.951. The molecule has 2 heterocycles. The highest BCUT2D eigenvalue weighted by Crippen LogP contribution is 2.43. The molecule has 2 aliphatic heterocycles. The van der Waals surface area contributed by atoms with E-state index in [2.05, 4.69) is 0 Å². The summed E-state index contributed by atoms with van der Waals surface area (Å²) in [4.78, 5) is 28.4. The van der Waals surface area contributed by atoms with Gasteiger partial charge < -0.3 is 14.2 Å². The Balaban J connectivity index is 1.76. The number of ether oxygens (including phenoxy) is 3. The molecule has 0 bridgehead atoms. The third-order valence-electron chi connectivity index (χ3n) is 4.99. The van der Waals surface area contributed by atoms with Crippen molar-refractivity contribution in [2.24, 2.45) is 0 Å². The van der Waals surface area contributed by atoms with E-state index in [0.29, 0.717) is 24.6 Å². The normalized spacial score (nSPS) is 20.6. The molecular formula is C22H24N2O5. The topological polar surface area (TPSA) is 68.3 Å². The Labute approximate surface area is 169 Å². The lowest BCUT2D eigenvalue weighted by Gasteiger charge is -2.41. The summed E-state index contributed by atoms with van der Waals surface area (Å²) in [5.41, 5.74) is 1.52. The molecule has 0 saturated heterocycles. The monoisotopic (exact) mass is 396 g/mol. The van der Waals surface area contributed by atoms with Gasteiger partial charge in [-0.15, -0.1) is 0 Å². The number of amides is 2. The van der Waals surface area contributed by atoms with E-state index in [1.807, 2.05) is 50.2 Å². The van der Waals surface area contributed by atoms with Gasteiger partial charge in [-0.05, 0) is 25.0 Å². The largest absolute Gasteiger partial charge is 0.417 e. The summed E-state index contributed by atoms with van der Waals surface area (Å²) >= 11 is 0. The van der Waals surface area contributed by atoms with Crippen LogP contribution in [0.5, 0.6) is 11.5 Å². The fraction of sp³-hybridized carbons (Fsp3) is 0.364. The van der Waals surface area contributed by atoms with E-state index < -0.39 is 24.6 Å². The Morgan fingerprint density at radius 3 is 1.59 bits per heavy atom. The van der Waals surface area contributed by atoms with Crippen LogP contribution in [0.1, 0.15) is 50.3 Å². The molecule has 0 saturated carbocycles. The summed E-state index contributed by atoms with van der Waals surface area (Å²) in [5, 5.41) is 0. The van der Waals surface area contributed by atoms with Crippen molar-refractivity contribution in [1.29, 1.82) is 0 Å². The van der Waals surface area contributed by atoms with Crippen LogP contribution in [0.2, 0.25) is 0 Å². The molecule has 2 amide bonds. The van der Waals surface area contributed by atoms with Gasteiger partial charge in [-0.1, -0.05) is 50.2 Å². The number of fused-ring (bicyclic) bond motifs is 2. The van der Waals surface area contributed by atoms with Gasteiger partial charge in [0.15, 0.2) is 12.5 Å². The van der Waals surface area contributed by atoms with E-state index in [1.165, 1.54) is 0 Å². The number of para-hydroxylation sites is 2. The molecule has 29 heavy (non-hydrogen) atoms. The van der Waals surface area contributed by atoms with Crippen LogP contribution in [-0.2, 0) is 4.74 Å². The first-order valence-electron chi connectivity index (χ1n) is 9.94. The summed E-state index contributed by atoms with van der Waals surface area (Å²) in [6.07, 6.45) is -0.752. The quantitative estimate of drug-likeness (QED) is 0.698. The highest BCUT2D eigenvalue weighted by Gasteiger charge is 2.41. The van der Waals surface area contributed by atoms with Crippen molar-refractivity contribution >= 4 is 12.2 Å². The molecule has 2 aromatic carbocycles. The lowest BCUT2D eigenvalue weighted by molar-refractivity contribution is -0.151. The van der Waals surface area contributed by atoms with Crippen LogP contribution in [0.4, 0.5) is 9.59 Å². The van der Waals surface area contributed by atoms with Gasteiger partial charge in [0.2, 0.25) is 0 Å². The fourth-order valence-electron chi connectivity index (χ4n) is 3.70. The van der Waals surface area contributed by atoms with Crippen LogP contribution in [-0.4, -0.2) is 35.1 Å². The molecule has 2 unspecified atom stereocenters. The second-order valence-corrected chi connectivity index (χ2v) is 7.04. The zero-order valence-electron chi connectivity index (χ0n) is 16.5. The molecule has 0 aliphatic carbocycles. The highest BCUT2D eigenvalue weighted by molar-refractivity contribution is 5.75. The molecule has 0 radical (unpaired) electrons. The Morgan fingerprint density at radius 2 is 1.17 bits per heavy atom. The standard InChI is InChI=1S/C22H24N2O5/c1-3-13-23-19(15-9-5-7-11-17(15)27-21(23)25)29-20-16-10-6-8-12-18(16)28-22(26)24(20)14-4-2/h5-12,19-20H,3-4,13-14H2,1-2H3. The van der Waals surface area contributed by atoms with E-state index in [0.717, 1.165) is 24.0 Å². The number of benzene rings is 2. The van der Waals surface area contributed by atoms with E-state index in [4.69, 9.17) is 14.2 Å². The van der Waals surface area contributed by atoms with Crippen molar-refractivity contribution in [1.82, 2.24) is 9.80 Å². The van der Waals surface area contributed by atoms with Crippen LogP contribution in [0.25, 0.3) is 0 Å². The van der Waals surface area contributed by atoms with Gasteiger partial charge in [0.05, 0.1) is 0 Å². The predicted molar refractivity (Wildman–Crippen MR) is 105 cm³/mol. The SMILES string of the molecule is CCCN1C(=O)Oc2ccccc2C1OC1c2ccccc2OC(=O)N1CCC. The summed E-state index contributed by atoms with van der Waals surface area (Å²) in [6.45, 7) is 4.93. The van der Waals surface area contributed by atoms with E-state index in [1.54, 1.807) is 21.9 Å². The molecule has 2 aliphatic rings. The summed E-state index contributed by atoms with van der Waals surface area (Å²) in [7, 11) is 0. The van der Waals surface area contributed by atoms with Gasteiger partial charge >= 0.3 is 12.2 Å². The van der Waals surface area contributed by atoms with Crippen LogP contribution in [0, 0.1) is 0 Å². The highest BCUT2D eigenvalue weighted by atomic mass is 16.6. The average Bonchev–Trinajstić information content (AvgIpc) is 2.72. The second kappa shape index (κ2) is 8.13. The van der Waals surface area contributed by atoms with Crippen LogP contribution < -0.4 is 9.47 Å². The minimum Gasteiger partial charge on any atom is -0.410 e. The molecule has 0 fully saturated rings. The third kappa shape index (κ3) is 3.53. The fourth-order valence-corrected chi connectivity index (χ4v) is 3.70. The first-order chi connectivity index (χ1) is 14.1. The Bertz CT molecular complexity index is 842. The molecule has 2 atom stereocenters. The van der Waals surface area contributed by atoms with Gasteiger partial charge in [-0.2, -0.15) is 0 Å². The smallest absolute Gasteiger partial charge is 0.410 e. The van der Waals surface area contributed by atoms with Crippen LogP contribution in [0.15, 0.2) is 48.5 Å². The molecule has 2 aromatic rings. The lowest BCUT2D eigenvalue weighted by atomic mass is 10.1. The number of hydrogen-bond acceptors (Lipinski definition) is 5. The van der Waals surface area contributed by atoms with E-state index in [-0.39, 0.29) is 0 Å². The number of rotatable bonds is 6. The van der Waals surface area contributed by atoms with Crippen molar-refractivity contribution in [2.45, 2.75) is 39.1 Å². The molecule has 152 valence electrons. The number of carbonyl (C=O) groups is 2. The first-order valence-corrected chi connectivity index (χ1v) is 9.94. The van der Waals surface area contributed by atoms with Crippen molar-refractivity contribution in [3.63, 3.8) is 0 Å². The first kappa shape index (κ1) is 19.3. The zero-order chi connectivity index (χ0) is 20.4. The Hall–Kier alpha value is -3.06. The van der Waals surface area contributed by atoms with Gasteiger partial charge in [0, 0.05) is 24.2 Å². The molecule has 0 aromatic heterocycles. The average molecular weight is 396 g/mol. The van der Waals surface area contributed by atoms with Crippen molar-refractivity contribution in [3.05, 3.63) is 59.7 Å². The van der Waals surface area contributed by atoms with E-state index >= 15 is 0 Å². The van der Waals surface area contributed by atoms with Gasteiger partial charge in [-0.3, -0.25) is 9.80 Å². The van der Waals surface area contributed by atoms with Gasteiger partial charge in [0.1, 0.15) is 11.5 Å². The number of carbonyl (C=O) groups excluding carboxylic acids is 2. The van der Waals surface area contributed by atoms with Crippen molar-refractivity contribution in [3.8, 4) is 11.5 Å². The van der Waals surface area contributed by atoms with Gasteiger partial charge in [0.25, 0.3) is 0 Å². The third-order valence-corrected chi connectivity index (χ3v) is 4.99. The number of nitrogens with zero attached hydrogens (tertiary/aromatic N) is 2. The minimum atomic E-state index is -0.671. The summed E-state index contributed by atoms with van der Waals surface area (Å²) < 4.78 is 17.5. The van der Waals surface area contributed by atoms with E-state index in [9.17, 15) is 9.59 Å². The molecule has 7 heteroatoms. The molecule has 4 rings (SSSR count). The van der Waals surface area contributed by atoms with Crippen molar-refractivity contribution < 1.29 is 23.8 Å². The maximum atomic E-state index is 12.6. The summed E-state index contributed by atoms with van der Waals surface area (Å²) in [6, 6.07) is 14.7. The zero-order valence-corrected chi connectivity index (χ0v) is 16.5. The predicted octanol–water partition coefficient (Wildman–Crippen LogP) is 4.85. The molecular weight excluding hydrogens is 372 g/mol. The van der Waals surface area contributed by atoms with Gasteiger partial charge in [-0.25, -0.2) is 9.59 Å².